The van der Waals surface area contributed by atoms with E-state index in [9.17, 15) is 8.78 Å². The van der Waals surface area contributed by atoms with Crippen molar-refractivity contribution in [3.8, 4) is 0 Å². The fraction of sp³-hybridized carbons (Fsp3) is 0.455. The van der Waals surface area contributed by atoms with E-state index in [1.165, 1.54) is 12.1 Å². The number of rotatable bonds is 6. The predicted octanol–water partition coefficient (Wildman–Crippen LogP) is 1.25. The SMILES string of the molecule is NCO[B]C(Cc1cc(F)cc(F)c1)C1CO1. The molecule has 0 amide bonds. The minimum absolute atomic E-state index is 0.0280. The zero-order chi connectivity index (χ0) is 12.3. The summed E-state index contributed by atoms with van der Waals surface area (Å²) in [5, 5.41) is 0. The zero-order valence-electron chi connectivity index (χ0n) is 9.24. The lowest BCUT2D eigenvalue weighted by Gasteiger charge is -2.12. The van der Waals surface area contributed by atoms with Crippen LogP contribution in [-0.2, 0) is 15.8 Å². The molecule has 1 saturated heterocycles. The molecule has 0 spiro atoms. The molecule has 1 heterocycles. The summed E-state index contributed by atoms with van der Waals surface area (Å²) in [4.78, 5) is 0. The molecule has 2 unspecified atom stereocenters. The molecule has 2 atom stereocenters. The van der Waals surface area contributed by atoms with Gasteiger partial charge in [0, 0.05) is 6.07 Å². The van der Waals surface area contributed by atoms with Crippen molar-refractivity contribution >= 4 is 7.48 Å². The molecule has 0 aliphatic carbocycles. The third-order valence-corrected chi connectivity index (χ3v) is 2.60. The van der Waals surface area contributed by atoms with Gasteiger partial charge in [-0.3, -0.25) is 0 Å². The molecule has 91 valence electrons. The summed E-state index contributed by atoms with van der Waals surface area (Å²) in [6, 6.07) is 3.48. The quantitative estimate of drug-likeness (QED) is 0.462. The Morgan fingerprint density at radius 3 is 2.59 bits per heavy atom. The van der Waals surface area contributed by atoms with Gasteiger partial charge in [0.1, 0.15) is 11.6 Å². The van der Waals surface area contributed by atoms with Gasteiger partial charge in [-0.1, -0.05) is 0 Å². The molecule has 1 aliphatic heterocycles. The molecule has 2 N–H and O–H groups in total. The van der Waals surface area contributed by atoms with Crippen LogP contribution < -0.4 is 5.73 Å². The van der Waals surface area contributed by atoms with E-state index in [0.717, 1.165) is 6.07 Å². The van der Waals surface area contributed by atoms with Crippen molar-refractivity contribution in [1.29, 1.82) is 0 Å². The van der Waals surface area contributed by atoms with Crippen LogP contribution in [0.15, 0.2) is 18.2 Å². The van der Waals surface area contributed by atoms with E-state index >= 15 is 0 Å². The smallest absolute Gasteiger partial charge is 0.300 e. The Kier molecular flexibility index (Phi) is 4.09. The Labute approximate surface area is 99.2 Å². The van der Waals surface area contributed by atoms with E-state index < -0.39 is 11.6 Å². The number of ether oxygens (including phenoxy) is 1. The minimum atomic E-state index is -0.574. The van der Waals surface area contributed by atoms with Crippen molar-refractivity contribution in [2.45, 2.75) is 18.3 Å². The van der Waals surface area contributed by atoms with Crippen LogP contribution in [0.5, 0.6) is 0 Å². The largest absolute Gasteiger partial charge is 0.428 e. The van der Waals surface area contributed by atoms with Crippen LogP contribution in [0.1, 0.15) is 5.56 Å². The molecular formula is C11H13BF2NO2. The monoisotopic (exact) mass is 240 g/mol. The van der Waals surface area contributed by atoms with Crippen LogP contribution in [0, 0.1) is 11.6 Å². The summed E-state index contributed by atoms with van der Waals surface area (Å²) in [6.07, 6.45) is 0.534. The van der Waals surface area contributed by atoms with E-state index in [1.54, 1.807) is 7.48 Å². The van der Waals surface area contributed by atoms with Gasteiger partial charge in [0.25, 0.3) is 0 Å². The maximum atomic E-state index is 13.0. The maximum absolute atomic E-state index is 13.0. The summed E-state index contributed by atoms with van der Waals surface area (Å²) < 4.78 is 36.2. The van der Waals surface area contributed by atoms with E-state index in [4.69, 9.17) is 15.1 Å². The molecule has 1 aromatic carbocycles. The highest BCUT2D eigenvalue weighted by atomic mass is 19.1. The standard InChI is InChI=1S/C11H13BF2NO2/c13-8-1-7(2-9(14)4-8)3-10(11-5-16-11)12-17-6-15/h1-2,4,10-11H,3,5-6,15H2. The second-order valence-corrected chi connectivity index (χ2v) is 3.99. The Balaban J connectivity index is 2.00. The summed E-state index contributed by atoms with van der Waals surface area (Å²) in [5.74, 6) is -1.18. The van der Waals surface area contributed by atoms with Crippen LogP contribution in [0.25, 0.3) is 0 Å². The number of benzene rings is 1. The average Bonchev–Trinajstić information content (AvgIpc) is 3.06. The first-order valence-electron chi connectivity index (χ1n) is 5.40. The second-order valence-electron chi connectivity index (χ2n) is 3.99. The van der Waals surface area contributed by atoms with Crippen molar-refractivity contribution in [3.05, 3.63) is 35.4 Å². The van der Waals surface area contributed by atoms with E-state index in [-0.39, 0.29) is 18.7 Å². The van der Waals surface area contributed by atoms with Gasteiger partial charge in [-0.05, 0) is 29.9 Å². The number of hydrogen-bond acceptors (Lipinski definition) is 3. The van der Waals surface area contributed by atoms with Crippen molar-refractivity contribution in [3.63, 3.8) is 0 Å². The van der Waals surface area contributed by atoms with Crippen LogP contribution >= 0.6 is 0 Å². The van der Waals surface area contributed by atoms with Gasteiger partial charge < -0.3 is 15.1 Å². The first-order valence-corrected chi connectivity index (χ1v) is 5.40. The fourth-order valence-electron chi connectivity index (χ4n) is 1.75. The van der Waals surface area contributed by atoms with Crippen LogP contribution in [0.4, 0.5) is 8.78 Å². The zero-order valence-corrected chi connectivity index (χ0v) is 9.24. The molecule has 0 aromatic heterocycles. The van der Waals surface area contributed by atoms with Crippen molar-refractivity contribution in [2.24, 2.45) is 5.73 Å². The van der Waals surface area contributed by atoms with E-state index in [0.29, 0.717) is 18.6 Å². The topological polar surface area (TPSA) is 47.8 Å². The number of halogens is 2. The van der Waals surface area contributed by atoms with Crippen molar-refractivity contribution in [1.82, 2.24) is 0 Å². The summed E-state index contributed by atoms with van der Waals surface area (Å²) in [5.41, 5.74) is 5.81. The Morgan fingerprint density at radius 1 is 1.41 bits per heavy atom. The van der Waals surface area contributed by atoms with E-state index in [1.807, 2.05) is 0 Å². The molecule has 6 heteroatoms. The molecule has 3 nitrogen and oxygen atoms in total. The van der Waals surface area contributed by atoms with Gasteiger partial charge in [-0.25, -0.2) is 8.78 Å². The van der Waals surface area contributed by atoms with Crippen molar-refractivity contribution < 1.29 is 18.2 Å². The molecule has 1 fully saturated rings. The van der Waals surface area contributed by atoms with Gasteiger partial charge >= 0.3 is 7.48 Å². The third kappa shape index (κ3) is 3.76. The maximum Gasteiger partial charge on any atom is 0.300 e. The number of hydrogen-bond donors (Lipinski definition) is 1. The van der Waals surface area contributed by atoms with Gasteiger partial charge in [-0.2, -0.15) is 0 Å². The predicted molar refractivity (Wildman–Crippen MR) is 59.4 cm³/mol. The first kappa shape index (κ1) is 12.5. The molecule has 1 aromatic rings. The third-order valence-electron chi connectivity index (χ3n) is 2.60. The van der Waals surface area contributed by atoms with E-state index in [2.05, 4.69) is 0 Å². The molecule has 17 heavy (non-hydrogen) atoms. The molecular weight excluding hydrogens is 227 g/mol. The average molecular weight is 240 g/mol. The van der Waals surface area contributed by atoms with Crippen LogP contribution in [0.2, 0.25) is 5.82 Å². The molecule has 1 radical (unpaired) electrons. The van der Waals surface area contributed by atoms with Gasteiger partial charge in [0.2, 0.25) is 0 Å². The summed E-state index contributed by atoms with van der Waals surface area (Å²) in [7, 11) is 1.58. The minimum Gasteiger partial charge on any atom is -0.428 e. The van der Waals surface area contributed by atoms with Crippen LogP contribution in [-0.4, -0.2) is 26.9 Å². The lowest BCUT2D eigenvalue weighted by molar-refractivity contribution is 0.325. The highest BCUT2D eigenvalue weighted by Crippen LogP contribution is 2.28. The lowest BCUT2D eigenvalue weighted by Crippen LogP contribution is -2.19. The molecule has 2 rings (SSSR count). The number of epoxide rings is 1. The number of nitrogens with two attached hydrogens (primary N) is 1. The molecule has 0 bridgehead atoms. The fourth-order valence-corrected chi connectivity index (χ4v) is 1.75. The Hall–Kier alpha value is -0.975. The van der Waals surface area contributed by atoms with Gasteiger partial charge in [-0.15, -0.1) is 0 Å². The van der Waals surface area contributed by atoms with Gasteiger partial charge in [0.05, 0.1) is 19.4 Å². The Bertz CT molecular complexity index is 367. The van der Waals surface area contributed by atoms with Crippen molar-refractivity contribution in [2.75, 3.05) is 13.3 Å². The van der Waals surface area contributed by atoms with Gasteiger partial charge in [0.15, 0.2) is 0 Å². The summed E-state index contributed by atoms with van der Waals surface area (Å²) in [6.45, 7) is 0.730. The Morgan fingerprint density at radius 2 is 2.06 bits per heavy atom. The normalized spacial score (nSPS) is 20.1. The molecule has 0 saturated carbocycles. The summed E-state index contributed by atoms with van der Waals surface area (Å²) >= 11 is 0. The lowest BCUT2D eigenvalue weighted by atomic mass is 9.73. The highest BCUT2D eigenvalue weighted by molar-refractivity contribution is 6.30. The molecule has 1 aliphatic rings. The second kappa shape index (κ2) is 5.57. The first-order chi connectivity index (χ1) is 8.19. The van der Waals surface area contributed by atoms with Crippen LogP contribution in [0.3, 0.4) is 0 Å². The highest BCUT2D eigenvalue weighted by Gasteiger charge is 2.34.